The number of amides is 3. The van der Waals surface area contributed by atoms with Crippen LogP contribution in [-0.2, 0) is 40.8 Å². The SMILES string of the molecule is Cc1c(Oc2ccc(CCCCN3CCN(c4cccc5c(C6CCC(=O)NC6=O)nn(C)c45)CC3)cc2)cccc1-c1ccc(N2CCc3cccc(C(=O)Nc4nc5ccccc5s4)c3C2)nc1C(=O)OC(C)(C)C. The lowest BCUT2D eigenvalue weighted by Gasteiger charge is -2.36. The third-order valence-electron chi connectivity index (χ3n) is 14.9. The van der Waals surface area contributed by atoms with Crippen molar-refractivity contribution in [1.29, 1.82) is 0 Å². The molecule has 2 N–H and O–H groups in total. The number of hydrogen-bond acceptors (Lipinski definition) is 13. The van der Waals surface area contributed by atoms with Crippen LogP contribution in [0.2, 0.25) is 0 Å². The number of carbonyl (C=O) groups excluding carboxylic acids is 4. The van der Waals surface area contributed by atoms with E-state index < -0.39 is 17.5 Å². The number of para-hydroxylation sites is 2. The number of carbonyl (C=O) groups is 4. The van der Waals surface area contributed by atoms with Gasteiger partial charge in [-0.3, -0.25) is 34.6 Å². The van der Waals surface area contributed by atoms with Gasteiger partial charge in [0, 0.05) is 69.3 Å². The molecule has 1 unspecified atom stereocenters. The van der Waals surface area contributed by atoms with E-state index in [1.165, 1.54) is 16.9 Å². The van der Waals surface area contributed by atoms with Crippen LogP contribution in [0.5, 0.6) is 11.5 Å². The highest BCUT2D eigenvalue weighted by molar-refractivity contribution is 7.22. The van der Waals surface area contributed by atoms with Crippen LogP contribution in [0.15, 0.2) is 115 Å². The fraction of sp³-hybridized carbons (Fsp3) is 0.328. The van der Waals surface area contributed by atoms with E-state index in [1.807, 2.05) is 130 Å². The molecule has 0 radical (unpaired) electrons. The van der Waals surface area contributed by atoms with Crippen LogP contribution in [0.1, 0.15) is 101 Å². The number of thiazole rings is 1. The van der Waals surface area contributed by atoms with Crippen LogP contribution < -0.4 is 25.2 Å². The first-order valence-corrected chi connectivity index (χ1v) is 27.4. The standard InChI is InChI=1S/C61H63N9O6S/c1-38-42(43-26-28-52(63-55(43)59(74)76-61(2,3)4)70-32-30-40-14-10-16-44(47(40)37-70)57(72)65-60-62-48-18-6-7-21-51(48)77-60)15-12-20-50(38)75-41-24-22-39(23-25-41)13-8-9-31-68-33-35-69(36-34-68)49-19-11-17-45-54(66-67(5)56(45)49)46-27-29-53(71)64-58(46)73/h6-7,10-12,14-26,28,46H,8-9,13,27,29-37H2,1-5H3,(H,62,65,72)(H,64,71,73). The van der Waals surface area contributed by atoms with Gasteiger partial charge >= 0.3 is 5.97 Å². The summed E-state index contributed by atoms with van der Waals surface area (Å²) in [7, 11) is 1.94. The molecule has 5 aromatic carbocycles. The molecule has 16 heteroatoms. The fourth-order valence-corrected chi connectivity index (χ4v) is 11.8. The average molecular weight is 1050 g/mol. The number of pyridine rings is 1. The van der Waals surface area contributed by atoms with Crippen LogP contribution in [0.25, 0.3) is 32.2 Å². The van der Waals surface area contributed by atoms with Crippen molar-refractivity contribution in [1.82, 2.24) is 30.0 Å². The second-order valence-corrected chi connectivity index (χ2v) is 22.3. The zero-order chi connectivity index (χ0) is 53.4. The zero-order valence-electron chi connectivity index (χ0n) is 44.2. The Hall–Kier alpha value is -7.95. The Morgan fingerprint density at radius 2 is 1.60 bits per heavy atom. The van der Waals surface area contributed by atoms with Gasteiger partial charge in [-0.05, 0) is 149 Å². The summed E-state index contributed by atoms with van der Waals surface area (Å²) in [4.78, 5) is 69.2. The number of piperidine rings is 1. The molecule has 3 aliphatic rings. The van der Waals surface area contributed by atoms with Gasteiger partial charge in [-0.15, -0.1) is 0 Å². The van der Waals surface area contributed by atoms with Gasteiger partial charge in [-0.1, -0.05) is 72.0 Å². The van der Waals surface area contributed by atoms with Crippen molar-refractivity contribution in [3.8, 4) is 22.6 Å². The molecule has 3 amide bonds. The van der Waals surface area contributed by atoms with Crippen molar-refractivity contribution in [2.45, 2.75) is 84.3 Å². The Morgan fingerprint density at radius 1 is 0.805 bits per heavy atom. The molecule has 0 spiro atoms. The number of anilines is 3. The summed E-state index contributed by atoms with van der Waals surface area (Å²) in [6, 6.07) is 38.0. The number of rotatable bonds is 14. The normalized spacial score (nSPS) is 16.1. The molecular weight excluding hydrogens is 987 g/mol. The summed E-state index contributed by atoms with van der Waals surface area (Å²) in [6.07, 6.45) is 4.64. The number of nitrogens with one attached hydrogen (secondary N) is 2. The molecule has 77 heavy (non-hydrogen) atoms. The number of esters is 1. The summed E-state index contributed by atoms with van der Waals surface area (Å²) in [6.45, 7) is 13.4. The largest absolute Gasteiger partial charge is 0.457 e. The predicted octanol–water partition coefficient (Wildman–Crippen LogP) is 10.8. The molecule has 0 bridgehead atoms. The number of aryl methyl sites for hydroxylation is 2. The second kappa shape index (κ2) is 21.6. The van der Waals surface area contributed by atoms with E-state index in [-0.39, 0.29) is 23.4 Å². The molecule has 0 saturated carbocycles. The number of ether oxygens (including phenoxy) is 2. The van der Waals surface area contributed by atoms with Gasteiger partial charge in [-0.2, -0.15) is 5.10 Å². The Balaban J connectivity index is 0.713. The predicted molar refractivity (Wildman–Crippen MR) is 302 cm³/mol. The first-order chi connectivity index (χ1) is 37.2. The minimum atomic E-state index is -0.752. The van der Waals surface area contributed by atoms with Crippen LogP contribution in [-0.4, -0.2) is 93.2 Å². The van der Waals surface area contributed by atoms with E-state index in [1.54, 1.807) is 0 Å². The summed E-state index contributed by atoms with van der Waals surface area (Å²) >= 11 is 1.45. The van der Waals surface area contributed by atoms with Crippen LogP contribution in [0, 0.1) is 6.92 Å². The summed E-state index contributed by atoms with van der Waals surface area (Å²) in [5.74, 6) is 0.365. The summed E-state index contributed by atoms with van der Waals surface area (Å²) < 4.78 is 15.4. The Morgan fingerprint density at radius 3 is 2.39 bits per heavy atom. The maximum atomic E-state index is 14.1. The number of hydrogen-bond donors (Lipinski definition) is 2. The molecule has 2 saturated heterocycles. The van der Waals surface area contributed by atoms with Crippen molar-refractivity contribution in [3.63, 3.8) is 0 Å². The molecule has 8 aromatic rings. The van der Waals surface area contributed by atoms with E-state index in [4.69, 9.17) is 19.6 Å². The van der Waals surface area contributed by atoms with Crippen LogP contribution in [0.4, 0.5) is 16.6 Å². The van der Waals surface area contributed by atoms with Crippen LogP contribution in [0.3, 0.4) is 0 Å². The number of fused-ring (bicyclic) bond motifs is 3. The van der Waals surface area contributed by atoms with Gasteiger partial charge in [0.2, 0.25) is 11.8 Å². The average Bonchev–Trinajstić information content (AvgIpc) is 4.11. The molecule has 0 aliphatic carbocycles. The van der Waals surface area contributed by atoms with E-state index in [0.29, 0.717) is 60.2 Å². The first kappa shape index (κ1) is 51.2. The summed E-state index contributed by atoms with van der Waals surface area (Å²) in [5.41, 5.74) is 9.36. The van der Waals surface area contributed by atoms with Gasteiger partial charge in [-0.25, -0.2) is 14.8 Å². The highest BCUT2D eigenvalue weighted by Crippen LogP contribution is 2.38. The van der Waals surface area contributed by atoms with E-state index in [9.17, 15) is 19.2 Å². The van der Waals surface area contributed by atoms with Gasteiger partial charge in [0.05, 0.1) is 33.0 Å². The number of nitrogens with zero attached hydrogens (tertiary/aromatic N) is 7. The van der Waals surface area contributed by atoms with E-state index in [0.717, 1.165) is 112 Å². The van der Waals surface area contributed by atoms with Gasteiger partial charge in [0.15, 0.2) is 10.8 Å². The minimum absolute atomic E-state index is 0.207. The van der Waals surface area contributed by atoms with Crippen molar-refractivity contribution in [3.05, 3.63) is 154 Å². The molecule has 6 heterocycles. The summed E-state index contributed by atoms with van der Waals surface area (Å²) in [5, 5.41) is 11.8. The zero-order valence-corrected chi connectivity index (χ0v) is 45.0. The quantitative estimate of drug-likeness (QED) is 0.0603. The molecule has 11 rings (SSSR count). The minimum Gasteiger partial charge on any atom is -0.457 e. The van der Waals surface area contributed by atoms with Gasteiger partial charge < -0.3 is 19.3 Å². The number of piperazine rings is 1. The Labute approximate surface area is 452 Å². The second-order valence-electron chi connectivity index (χ2n) is 21.3. The maximum Gasteiger partial charge on any atom is 0.358 e. The topological polar surface area (TPSA) is 164 Å². The van der Waals surface area contributed by atoms with Crippen molar-refractivity contribution in [2.24, 2.45) is 7.05 Å². The molecular formula is C61H63N9O6S. The number of benzene rings is 5. The van der Waals surface area contributed by atoms with Crippen molar-refractivity contribution < 1.29 is 28.7 Å². The first-order valence-electron chi connectivity index (χ1n) is 26.6. The smallest absolute Gasteiger partial charge is 0.358 e. The van der Waals surface area contributed by atoms with Crippen molar-refractivity contribution in [2.75, 3.05) is 54.4 Å². The van der Waals surface area contributed by atoms with Gasteiger partial charge in [0.1, 0.15) is 22.9 Å². The maximum absolute atomic E-state index is 14.1. The molecule has 15 nitrogen and oxygen atoms in total. The Kier molecular flexibility index (Phi) is 14.3. The molecule has 1 atom stereocenters. The van der Waals surface area contributed by atoms with E-state index >= 15 is 0 Å². The highest BCUT2D eigenvalue weighted by atomic mass is 32.1. The molecule has 394 valence electrons. The van der Waals surface area contributed by atoms with Gasteiger partial charge in [0.25, 0.3) is 5.91 Å². The third-order valence-corrected chi connectivity index (χ3v) is 15.9. The monoisotopic (exact) mass is 1050 g/mol. The highest BCUT2D eigenvalue weighted by Gasteiger charge is 2.33. The Bertz CT molecular complexity index is 3520. The lowest BCUT2D eigenvalue weighted by Crippen LogP contribution is -2.46. The number of imide groups is 1. The van der Waals surface area contributed by atoms with Crippen LogP contribution >= 0.6 is 11.3 Å². The fourth-order valence-electron chi connectivity index (χ4n) is 11.0. The molecule has 3 aliphatic heterocycles. The lowest BCUT2D eigenvalue weighted by molar-refractivity contribution is -0.134. The molecule has 3 aromatic heterocycles. The lowest BCUT2D eigenvalue weighted by atomic mass is 9.92. The van der Waals surface area contributed by atoms with E-state index in [2.05, 4.69) is 54.6 Å². The van der Waals surface area contributed by atoms with Crippen molar-refractivity contribution >= 4 is 72.8 Å². The number of unbranched alkanes of at least 4 members (excludes halogenated alkanes) is 1. The third kappa shape index (κ3) is 11.0. The number of aromatic nitrogens is 4. The molecule has 2 fully saturated rings.